The van der Waals surface area contributed by atoms with Crippen LogP contribution in [0.15, 0.2) is 72.8 Å². The van der Waals surface area contributed by atoms with E-state index in [-0.39, 0.29) is 24.8 Å². The number of halogens is 1. The number of benzene rings is 3. The molecular formula is C28H31ClN2O2. The second-order valence-electron chi connectivity index (χ2n) is 8.32. The summed E-state index contributed by atoms with van der Waals surface area (Å²) in [7, 11) is 0. The Kier molecular flexibility index (Phi) is 8.67. The third kappa shape index (κ3) is 6.69. The van der Waals surface area contributed by atoms with Gasteiger partial charge in [0, 0.05) is 24.5 Å². The van der Waals surface area contributed by atoms with Gasteiger partial charge in [0.15, 0.2) is 0 Å². The summed E-state index contributed by atoms with van der Waals surface area (Å²) in [4.78, 5) is 28.6. The number of nitrogens with zero attached hydrogens (tertiary/aromatic N) is 1. The Hall–Kier alpha value is -3.11. The molecule has 33 heavy (non-hydrogen) atoms. The van der Waals surface area contributed by atoms with Crippen LogP contribution < -0.4 is 5.32 Å². The van der Waals surface area contributed by atoms with Crippen molar-refractivity contribution in [2.24, 2.45) is 0 Å². The SMILES string of the molecule is CCNC(=O)[C@@H](Cc1ccccc1)N(Cc1ccccc1Cl)C(=O)Cc1cc(C)ccc1C. The monoisotopic (exact) mass is 462 g/mol. The average Bonchev–Trinajstić information content (AvgIpc) is 2.80. The molecule has 0 fully saturated rings. The first kappa shape index (κ1) is 24.5. The van der Waals surface area contributed by atoms with Crippen LogP contribution in [-0.2, 0) is 29.0 Å². The molecule has 3 aromatic rings. The lowest BCUT2D eigenvalue weighted by molar-refractivity contribution is -0.140. The lowest BCUT2D eigenvalue weighted by atomic mass is 9.99. The molecule has 0 radical (unpaired) electrons. The Morgan fingerprint density at radius 2 is 1.64 bits per heavy atom. The van der Waals surface area contributed by atoms with Crippen molar-refractivity contribution in [2.45, 2.75) is 46.2 Å². The summed E-state index contributed by atoms with van der Waals surface area (Å²) in [5.74, 6) is -0.265. The van der Waals surface area contributed by atoms with Crippen LogP contribution in [0.5, 0.6) is 0 Å². The van der Waals surface area contributed by atoms with Gasteiger partial charge < -0.3 is 10.2 Å². The summed E-state index contributed by atoms with van der Waals surface area (Å²) in [5, 5.41) is 3.50. The topological polar surface area (TPSA) is 49.4 Å². The van der Waals surface area contributed by atoms with Gasteiger partial charge in [0.05, 0.1) is 6.42 Å². The molecule has 5 heteroatoms. The summed E-state index contributed by atoms with van der Waals surface area (Å²) >= 11 is 6.45. The van der Waals surface area contributed by atoms with E-state index >= 15 is 0 Å². The molecule has 0 unspecified atom stereocenters. The van der Waals surface area contributed by atoms with E-state index in [0.29, 0.717) is 18.0 Å². The molecule has 0 bridgehead atoms. The van der Waals surface area contributed by atoms with Crippen molar-refractivity contribution in [1.29, 1.82) is 0 Å². The number of amides is 2. The van der Waals surface area contributed by atoms with Gasteiger partial charge >= 0.3 is 0 Å². The summed E-state index contributed by atoms with van der Waals surface area (Å²) in [5.41, 5.74) is 4.95. The van der Waals surface area contributed by atoms with Gasteiger partial charge in [-0.3, -0.25) is 9.59 Å². The average molecular weight is 463 g/mol. The molecule has 0 spiro atoms. The van der Waals surface area contributed by atoms with E-state index in [1.54, 1.807) is 4.90 Å². The van der Waals surface area contributed by atoms with Crippen molar-refractivity contribution in [2.75, 3.05) is 6.54 Å². The Balaban J connectivity index is 1.99. The molecule has 0 aliphatic rings. The van der Waals surface area contributed by atoms with Crippen molar-refractivity contribution in [3.05, 3.63) is 106 Å². The fourth-order valence-electron chi connectivity index (χ4n) is 3.91. The molecule has 1 atom stereocenters. The molecule has 0 aliphatic heterocycles. The first-order valence-electron chi connectivity index (χ1n) is 11.3. The van der Waals surface area contributed by atoms with Crippen molar-refractivity contribution >= 4 is 23.4 Å². The third-order valence-electron chi connectivity index (χ3n) is 5.77. The van der Waals surface area contributed by atoms with Crippen LogP contribution in [0.2, 0.25) is 5.02 Å². The lowest BCUT2D eigenvalue weighted by Gasteiger charge is -2.32. The second kappa shape index (κ2) is 11.7. The standard InChI is InChI=1S/C28H31ClN2O2/c1-4-30-28(33)26(17-22-10-6-5-7-11-22)31(19-23-12-8-9-13-25(23)29)27(32)18-24-16-20(2)14-15-21(24)3/h5-16,26H,4,17-19H2,1-3H3,(H,30,33)/t26-/m1/s1. The maximum absolute atomic E-state index is 13.7. The second-order valence-corrected chi connectivity index (χ2v) is 8.73. The van der Waals surface area contributed by atoms with Crippen LogP contribution in [0, 0.1) is 13.8 Å². The van der Waals surface area contributed by atoms with Crippen LogP contribution in [-0.4, -0.2) is 29.3 Å². The fourth-order valence-corrected chi connectivity index (χ4v) is 4.11. The minimum atomic E-state index is -0.652. The molecule has 0 saturated heterocycles. The zero-order valence-electron chi connectivity index (χ0n) is 19.5. The molecule has 1 N–H and O–H groups in total. The third-order valence-corrected chi connectivity index (χ3v) is 6.14. The van der Waals surface area contributed by atoms with Gasteiger partial charge in [0.25, 0.3) is 0 Å². The van der Waals surface area contributed by atoms with E-state index in [0.717, 1.165) is 27.8 Å². The maximum Gasteiger partial charge on any atom is 0.243 e. The summed E-state index contributed by atoms with van der Waals surface area (Å²) in [6, 6.07) is 22.7. The number of nitrogens with one attached hydrogen (secondary N) is 1. The quantitative estimate of drug-likeness (QED) is 0.470. The predicted octanol–water partition coefficient (Wildman–Crippen LogP) is 5.28. The number of carbonyl (C=O) groups excluding carboxylic acids is 2. The zero-order chi connectivity index (χ0) is 23.8. The highest BCUT2D eigenvalue weighted by Gasteiger charge is 2.30. The number of hydrogen-bond acceptors (Lipinski definition) is 2. The van der Waals surface area contributed by atoms with E-state index in [4.69, 9.17) is 11.6 Å². The molecule has 0 aliphatic carbocycles. The summed E-state index contributed by atoms with van der Waals surface area (Å²) in [6.07, 6.45) is 0.651. The Labute approximate surface area is 201 Å². The van der Waals surface area contributed by atoms with E-state index in [2.05, 4.69) is 5.32 Å². The Bertz CT molecular complexity index is 1100. The van der Waals surface area contributed by atoms with Crippen LogP contribution in [0.1, 0.15) is 34.7 Å². The molecule has 0 aromatic heterocycles. The normalized spacial score (nSPS) is 11.6. The number of rotatable bonds is 9. The fraction of sp³-hybridized carbons (Fsp3) is 0.286. The van der Waals surface area contributed by atoms with Crippen LogP contribution in [0.4, 0.5) is 0 Å². The maximum atomic E-state index is 13.7. The Morgan fingerprint density at radius 1 is 0.939 bits per heavy atom. The van der Waals surface area contributed by atoms with Crippen molar-refractivity contribution in [3.63, 3.8) is 0 Å². The molecule has 3 rings (SSSR count). The molecule has 4 nitrogen and oxygen atoms in total. The molecule has 3 aromatic carbocycles. The Morgan fingerprint density at radius 3 is 2.33 bits per heavy atom. The number of carbonyl (C=O) groups is 2. The van der Waals surface area contributed by atoms with Crippen molar-refractivity contribution in [1.82, 2.24) is 10.2 Å². The minimum absolute atomic E-state index is 0.101. The zero-order valence-corrected chi connectivity index (χ0v) is 20.2. The van der Waals surface area contributed by atoms with Gasteiger partial charge in [-0.05, 0) is 49.1 Å². The van der Waals surface area contributed by atoms with Crippen LogP contribution in [0.3, 0.4) is 0 Å². The minimum Gasteiger partial charge on any atom is -0.355 e. The van der Waals surface area contributed by atoms with E-state index < -0.39 is 6.04 Å². The van der Waals surface area contributed by atoms with Gasteiger partial charge in [-0.15, -0.1) is 0 Å². The first-order chi connectivity index (χ1) is 15.9. The van der Waals surface area contributed by atoms with E-state index in [1.165, 1.54) is 0 Å². The lowest BCUT2D eigenvalue weighted by Crippen LogP contribution is -2.51. The molecule has 0 saturated carbocycles. The molecule has 172 valence electrons. The summed E-state index contributed by atoms with van der Waals surface area (Å²) in [6.45, 7) is 6.66. The smallest absolute Gasteiger partial charge is 0.243 e. The largest absolute Gasteiger partial charge is 0.355 e. The first-order valence-corrected chi connectivity index (χ1v) is 11.7. The highest BCUT2D eigenvalue weighted by Crippen LogP contribution is 2.22. The van der Waals surface area contributed by atoms with E-state index in [9.17, 15) is 9.59 Å². The number of likely N-dealkylation sites (N-methyl/N-ethyl adjacent to an activating group) is 1. The summed E-state index contributed by atoms with van der Waals surface area (Å²) < 4.78 is 0. The van der Waals surface area contributed by atoms with Crippen molar-refractivity contribution < 1.29 is 9.59 Å². The number of aryl methyl sites for hydroxylation is 2. The highest BCUT2D eigenvalue weighted by atomic mass is 35.5. The van der Waals surface area contributed by atoms with Crippen LogP contribution in [0.25, 0.3) is 0 Å². The molecule has 2 amide bonds. The van der Waals surface area contributed by atoms with Gasteiger partial charge in [-0.25, -0.2) is 0 Å². The van der Waals surface area contributed by atoms with E-state index in [1.807, 2.05) is 93.6 Å². The van der Waals surface area contributed by atoms with Gasteiger partial charge in [-0.1, -0.05) is 83.9 Å². The molecule has 0 heterocycles. The molecular weight excluding hydrogens is 432 g/mol. The van der Waals surface area contributed by atoms with Gasteiger partial charge in [0.2, 0.25) is 11.8 Å². The van der Waals surface area contributed by atoms with Gasteiger partial charge in [0.1, 0.15) is 6.04 Å². The number of hydrogen-bond donors (Lipinski definition) is 1. The van der Waals surface area contributed by atoms with Crippen molar-refractivity contribution in [3.8, 4) is 0 Å². The highest BCUT2D eigenvalue weighted by molar-refractivity contribution is 6.31. The predicted molar refractivity (Wildman–Crippen MR) is 134 cm³/mol. The van der Waals surface area contributed by atoms with Crippen LogP contribution >= 0.6 is 11.6 Å². The van der Waals surface area contributed by atoms with Gasteiger partial charge in [-0.2, -0.15) is 0 Å².